The number of benzene rings is 2. The molecule has 3 rings (SSSR count). The predicted octanol–water partition coefficient (Wildman–Crippen LogP) is 7.03. The maximum atomic E-state index is 6.26. The Hall–Kier alpha value is -2.14. The minimum absolute atomic E-state index is 0.312. The van der Waals surface area contributed by atoms with E-state index in [1.54, 1.807) is 0 Å². The highest BCUT2D eigenvalue weighted by atomic mass is 35.5. The standard InChI is InChI=1S/C25H30Cl2N4/c1-4-7-21(17-31(5-2)6-3)28-25-22-14-13-20(27)16-23(22)29-24(30-25)15-10-18-8-11-19(26)12-9-18/h8-16,21H,4-7,17H2,1-3H3,(H,28,29,30)/b15-10+. The molecule has 0 spiro atoms. The van der Waals surface area contributed by atoms with E-state index in [-0.39, 0.29) is 0 Å². The van der Waals surface area contributed by atoms with Gasteiger partial charge in [0.25, 0.3) is 0 Å². The molecule has 0 aliphatic carbocycles. The molecule has 0 amide bonds. The van der Waals surface area contributed by atoms with E-state index in [0.717, 1.165) is 59.8 Å². The number of fused-ring (bicyclic) bond motifs is 1. The number of nitrogens with one attached hydrogen (secondary N) is 1. The second kappa shape index (κ2) is 11.5. The van der Waals surface area contributed by atoms with Crippen LogP contribution in [0.25, 0.3) is 23.1 Å². The number of nitrogens with zero attached hydrogens (tertiary/aromatic N) is 3. The van der Waals surface area contributed by atoms with Crippen molar-refractivity contribution in [3.8, 4) is 0 Å². The van der Waals surface area contributed by atoms with Gasteiger partial charge < -0.3 is 10.2 Å². The summed E-state index contributed by atoms with van der Waals surface area (Å²) in [4.78, 5) is 12.0. The fourth-order valence-electron chi connectivity index (χ4n) is 3.59. The van der Waals surface area contributed by atoms with E-state index in [0.29, 0.717) is 16.9 Å². The smallest absolute Gasteiger partial charge is 0.154 e. The summed E-state index contributed by atoms with van der Waals surface area (Å²) in [6, 6.07) is 13.8. The zero-order valence-electron chi connectivity index (χ0n) is 18.4. The lowest BCUT2D eigenvalue weighted by Crippen LogP contribution is -2.36. The fourth-order valence-corrected chi connectivity index (χ4v) is 3.89. The first kappa shape index (κ1) is 23.5. The number of rotatable bonds is 10. The Morgan fingerprint density at radius 3 is 2.32 bits per heavy atom. The molecule has 1 unspecified atom stereocenters. The number of likely N-dealkylation sites (N-methyl/N-ethyl adjacent to an activating group) is 1. The van der Waals surface area contributed by atoms with Crippen LogP contribution < -0.4 is 5.32 Å². The summed E-state index contributed by atoms with van der Waals surface area (Å²) in [5.74, 6) is 1.49. The fraction of sp³-hybridized carbons (Fsp3) is 0.360. The molecule has 4 nitrogen and oxygen atoms in total. The van der Waals surface area contributed by atoms with E-state index in [1.165, 1.54) is 0 Å². The molecule has 0 bridgehead atoms. The minimum atomic E-state index is 0.312. The van der Waals surface area contributed by atoms with E-state index >= 15 is 0 Å². The van der Waals surface area contributed by atoms with Crippen molar-refractivity contribution in [1.82, 2.24) is 14.9 Å². The second-order valence-corrected chi connectivity index (χ2v) is 8.47. The van der Waals surface area contributed by atoms with Crippen molar-refractivity contribution < 1.29 is 0 Å². The van der Waals surface area contributed by atoms with Crippen molar-refractivity contribution in [3.63, 3.8) is 0 Å². The predicted molar refractivity (Wildman–Crippen MR) is 135 cm³/mol. The van der Waals surface area contributed by atoms with Gasteiger partial charge in [-0.1, -0.05) is 68.6 Å². The highest BCUT2D eigenvalue weighted by molar-refractivity contribution is 6.31. The molecule has 0 saturated heterocycles. The summed E-state index contributed by atoms with van der Waals surface area (Å²) >= 11 is 12.2. The molecule has 0 aliphatic heterocycles. The molecule has 31 heavy (non-hydrogen) atoms. The largest absolute Gasteiger partial charge is 0.365 e. The van der Waals surface area contributed by atoms with Crippen LogP contribution in [-0.4, -0.2) is 40.5 Å². The second-order valence-electron chi connectivity index (χ2n) is 7.59. The molecule has 1 heterocycles. The van der Waals surface area contributed by atoms with Crippen LogP contribution in [0.15, 0.2) is 42.5 Å². The summed E-state index contributed by atoms with van der Waals surface area (Å²) < 4.78 is 0. The van der Waals surface area contributed by atoms with Gasteiger partial charge >= 0.3 is 0 Å². The quantitative estimate of drug-likeness (QED) is 0.355. The minimum Gasteiger partial charge on any atom is -0.365 e. The van der Waals surface area contributed by atoms with Gasteiger partial charge in [-0.25, -0.2) is 9.97 Å². The van der Waals surface area contributed by atoms with Crippen LogP contribution in [0.2, 0.25) is 10.0 Å². The van der Waals surface area contributed by atoms with Gasteiger partial charge in [-0.05, 0) is 61.5 Å². The SMILES string of the molecule is CCCC(CN(CC)CC)Nc1nc(/C=C/c2ccc(Cl)cc2)nc2cc(Cl)ccc12. The molecular weight excluding hydrogens is 427 g/mol. The number of hydrogen-bond donors (Lipinski definition) is 1. The Morgan fingerprint density at radius 2 is 1.65 bits per heavy atom. The molecule has 1 atom stereocenters. The molecular formula is C25H30Cl2N4. The van der Waals surface area contributed by atoms with Gasteiger partial charge in [-0.3, -0.25) is 0 Å². The van der Waals surface area contributed by atoms with Gasteiger partial charge in [0.15, 0.2) is 5.82 Å². The van der Waals surface area contributed by atoms with E-state index in [1.807, 2.05) is 54.6 Å². The summed E-state index contributed by atoms with van der Waals surface area (Å²) in [7, 11) is 0. The number of halogens is 2. The lowest BCUT2D eigenvalue weighted by Gasteiger charge is -2.26. The molecule has 0 aliphatic rings. The third-order valence-corrected chi connectivity index (χ3v) is 5.81. The molecule has 164 valence electrons. The summed E-state index contributed by atoms with van der Waals surface area (Å²) in [5.41, 5.74) is 1.87. The average Bonchev–Trinajstić information content (AvgIpc) is 2.76. The molecule has 0 radical (unpaired) electrons. The maximum absolute atomic E-state index is 6.26. The number of anilines is 1. The van der Waals surface area contributed by atoms with Crippen LogP contribution in [0, 0.1) is 0 Å². The highest BCUT2D eigenvalue weighted by Gasteiger charge is 2.15. The van der Waals surface area contributed by atoms with Gasteiger partial charge in [-0.15, -0.1) is 0 Å². The van der Waals surface area contributed by atoms with Crippen molar-refractivity contribution in [2.45, 2.75) is 39.7 Å². The number of aromatic nitrogens is 2. The summed E-state index contributed by atoms with van der Waals surface area (Å²) in [6.07, 6.45) is 6.10. The van der Waals surface area contributed by atoms with E-state index in [2.05, 4.69) is 31.0 Å². The first-order valence-electron chi connectivity index (χ1n) is 10.9. The van der Waals surface area contributed by atoms with E-state index < -0.39 is 0 Å². The van der Waals surface area contributed by atoms with Crippen molar-refractivity contribution in [2.75, 3.05) is 25.0 Å². The van der Waals surface area contributed by atoms with Crippen molar-refractivity contribution in [3.05, 3.63) is 63.9 Å². The first-order chi connectivity index (χ1) is 15.0. The average molecular weight is 457 g/mol. The lowest BCUT2D eigenvalue weighted by atomic mass is 10.1. The van der Waals surface area contributed by atoms with Gasteiger partial charge in [0.1, 0.15) is 5.82 Å². The third-order valence-electron chi connectivity index (χ3n) is 5.32. The van der Waals surface area contributed by atoms with Crippen LogP contribution in [0.1, 0.15) is 45.0 Å². The van der Waals surface area contributed by atoms with Crippen LogP contribution in [0.3, 0.4) is 0 Å². The van der Waals surface area contributed by atoms with Crippen molar-refractivity contribution in [1.29, 1.82) is 0 Å². The van der Waals surface area contributed by atoms with Crippen molar-refractivity contribution in [2.24, 2.45) is 0 Å². The van der Waals surface area contributed by atoms with Crippen molar-refractivity contribution >= 4 is 52.1 Å². The first-order valence-corrected chi connectivity index (χ1v) is 11.7. The van der Waals surface area contributed by atoms with Gasteiger partial charge in [-0.2, -0.15) is 0 Å². The van der Waals surface area contributed by atoms with E-state index in [4.69, 9.17) is 33.2 Å². The zero-order valence-corrected chi connectivity index (χ0v) is 19.9. The molecule has 2 aromatic carbocycles. The monoisotopic (exact) mass is 456 g/mol. The van der Waals surface area contributed by atoms with E-state index in [9.17, 15) is 0 Å². The van der Waals surface area contributed by atoms with Gasteiger partial charge in [0, 0.05) is 28.0 Å². The van der Waals surface area contributed by atoms with Crippen LogP contribution in [0.5, 0.6) is 0 Å². The Morgan fingerprint density at radius 1 is 0.935 bits per heavy atom. The van der Waals surface area contributed by atoms with Gasteiger partial charge in [0.2, 0.25) is 0 Å². The Labute approximate surface area is 195 Å². The Kier molecular flexibility index (Phi) is 8.70. The lowest BCUT2D eigenvalue weighted by molar-refractivity contribution is 0.284. The Balaban J connectivity index is 1.95. The highest BCUT2D eigenvalue weighted by Crippen LogP contribution is 2.25. The summed E-state index contributed by atoms with van der Waals surface area (Å²) in [6.45, 7) is 9.68. The molecule has 1 aromatic heterocycles. The molecule has 1 N–H and O–H groups in total. The van der Waals surface area contributed by atoms with Crippen LogP contribution in [-0.2, 0) is 0 Å². The molecule has 6 heteroatoms. The zero-order chi connectivity index (χ0) is 22.2. The third kappa shape index (κ3) is 6.67. The van der Waals surface area contributed by atoms with Gasteiger partial charge in [0.05, 0.1) is 5.52 Å². The topological polar surface area (TPSA) is 41.0 Å². The normalized spacial score (nSPS) is 12.7. The molecule has 0 saturated carbocycles. The van der Waals surface area contributed by atoms with Crippen LogP contribution in [0.4, 0.5) is 5.82 Å². The maximum Gasteiger partial charge on any atom is 0.154 e. The Bertz CT molecular complexity index is 1010. The van der Waals surface area contributed by atoms with Crippen LogP contribution >= 0.6 is 23.2 Å². The molecule has 3 aromatic rings. The number of hydrogen-bond acceptors (Lipinski definition) is 4. The molecule has 0 fully saturated rings. The summed E-state index contributed by atoms with van der Waals surface area (Å²) in [5, 5.41) is 6.06.